The van der Waals surface area contributed by atoms with Gasteiger partial charge in [-0.05, 0) is 33.6 Å². The summed E-state index contributed by atoms with van der Waals surface area (Å²) in [4.78, 5) is 0. The van der Waals surface area contributed by atoms with Gasteiger partial charge < -0.3 is 4.74 Å². The molecular weight excluding hydrogens is 240 g/mol. The number of ether oxygens (including phenoxy) is 1. The summed E-state index contributed by atoms with van der Waals surface area (Å²) in [5.41, 5.74) is 5.75. The highest BCUT2D eigenvalue weighted by molar-refractivity contribution is 5.30. The van der Waals surface area contributed by atoms with E-state index in [1.54, 1.807) is 11.8 Å². The van der Waals surface area contributed by atoms with Crippen LogP contribution in [0.25, 0.3) is 0 Å². The molecule has 2 atom stereocenters. The highest BCUT2D eigenvalue weighted by Crippen LogP contribution is 2.23. The lowest BCUT2D eigenvalue weighted by Crippen LogP contribution is -2.51. The van der Waals surface area contributed by atoms with Crippen molar-refractivity contribution >= 4 is 0 Å². The van der Waals surface area contributed by atoms with E-state index in [4.69, 9.17) is 4.74 Å². The number of aromatic nitrogens is 2. The van der Waals surface area contributed by atoms with Gasteiger partial charge in [0.05, 0.1) is 18.4 Å². The van der Waals surface area contributed by atoms with Crippen molar-refractivity contribution in [1.29, 1.82) is 0 Å². The van der Waals surface area contributed by atoms with Crippen LogP contribution >= 0.6 is 0 Å². The van der Waals surface area contributed by atoms with Crippen molar-refractivity contribution in [2.45, 2.75) is 58.7 Å². The largest absolute Gasteiger partial charge is 0.481 e. The minimum Gasteiger partial charge on any atom is -0.481 e. The third kappa shape index (κ3) is 2.92. The Hall–Kier alpha value is -1.07. The van der Waals surface area contributed by atoms with E-state index in [0.717, 1.165) is 23.7 Å². The van der Waals surface area contributed by atoms with Crippen LogP contribution in [0.1, 0.15) is 44.4 Å². The van der Waals surface area contributed by atoms with Crippen molar-refractivity contribution in [2.24, 2.45) is 7.05 Å². The Balaban J connectivity index is 2.05. The number of rotatable bonds is 4. The number of piperidine rings is 1. The normalized spacial score (nSPS) is 24.7. The van der Waals surface area contributed by atoms with Gasteiger partial charge in [0.2, 0.25) is 5.88 Å². The fraction of sp³-hybridized carbons (Fsp3) is 0.786. The maximum absolute atomic E-state index is 5.43. The van der Waals surface area contributed by atoms with Crippen molar-refractivity contribution in [3.63, 3.8) is 0 Å². The molecule has 108 valence electrons. The molecule has 0 radical (unpaired) electrons. The maximum Gasteiger partial charge on any atom is 0.216 e. The first-order valence-corrected chi connectivity index (χ1v) is 7.13. The van der Waals surface area contributed by atoms with Gasteiger partial charge in [0.1, 0.15) is 0 Å². The minimum atomic E-state index is 0.590. The molecule has 2 heterocycles. The summed E-state index contributed by atoms with van der Waals surface area (Å²) in [6, 6.07) is 1.18. The Morgan fingerprint density at radius 2 is 1.95 bits per heavy atom. The van der Waals surface area contributed by atoms with Gasteiger partial charge in [-0.3, -0.25) is 0 Å². The van der Waals surface area contributed by atoms with Gasteiger partial charge in [-0.15, -0.1) is 0 Å². The van der Waals surface area contributed by atoms with Crippen LogP contribution < -0.4 is 10.2 Å². The Kier molecular flexibility index (Phi) is 4.47. The summed E-state index contributed by atoms with van der Waals surface area (Å²) < 4.78 is 7.23. The summed E-state index contributed by atoms with van der Waals surface area (Å²) in [7, 11) is 3.62. The zero-order valence-electron chi connectivity index (χ0n) is 12.7. The lowest BCUT2D eigenvalue weighted by Gasteiger charge is -2.39. The Morgan fingerprint density at radius 1 is 1.32 bits per heavy atom. The molecule has 5 heteroatoms. The van der Waals surface area contributed by atoms with Crippen molar-refractivity contribution in [1.82, 2.24) is 20.2 Å². The van der Waals surface area contributed by atoms with Crippen molar-refractivity contribution in [3.8, 4) is 5.88 Å². The standard InChI is InChI=1S/C14H26N4O/c1-10-7-6-8-11(2)18(10)15-9-13-12(3)16-17(4)14(13)19-5/h10-11,15H,6-9H2,1-5H3. The first kappa shape index (κ1) is 14.3. The molecule has 1 aliphatic heterocycles. The van der Waals surface area contributed by atoms with Crippen molar-refractivity contribution < 1.29 is 4.74 Å². The number of methoxy groups -OCH3 is 1. The lowest BCUT2D eigenvalue weighted by molar-refractivity contribution is 0.0432. The van der Waals surface area contributed by atoms with E-state index in [1.165, 1.54) is 19.3 Å². The Morgan fingerprint density at radius 3 is 2.53 bits per heavy atom. The van der Waals surface area contributed by atoms with E-state index < -0.39 is 0 Å². The van der Waals surface area contributed by atoms with Crippen molar-refractivity contribution in [3.05, 3.63) is 11.3 Å². The third-order valence-electron chi connectivity index (χ3n) is 4.11. The number of hydrazine groups is 1. The number of hydrogen-bond acceptors (Lipinski definition) is 4. The second-order valence-electron chi connectivity index (χ2n) is 5.57. The van der Waals surface area contributed by atoms with E-state index in [0.29, 0.717) is 12.1 Å². The molecule has 1 aliphatic rings. The number of aryl methyl sites for hydroxylation is 2. The maximum atomic E-state index is 5.43. The zero-order valence-corrected chi connectivity index (χ0v) is 12.7. The van der Waals surface area contributed by atoms with Crippen LogP contribution in [0.3, 0.4) is 0 Å². The quantitative estimate of drug-likeness (QED) is 0.905. The van der Waals surface area contributed by atoms with E-state index in [1.807, 2.05) is 14.0 Å². The molecular formula is C14H26N4O. The molecule has 2 unspecified atom stereocenters. The molecule has 0 aromatic carbocycles. The van der Waals surface area contributed by atoms with E-state index >= 15 is 0 Å². The van der Waals surface area contributed by atoms with Gasteiger partial charge in [-0.25, -0.2) is 15.1 Å². The second-order valence-corrected chi connectivity index (χ2v) is 5.57. The summed E-state index contributed by atoms with van der Waals surface area (Å²) >= 11 is 0. The smallest absolute Gasteiger partial charge is 0.216 e. The molecule has 0 spiro atoms. The monoisotopic (exact) mass is 266 g/mol. The van der Waals surface area contributed by atoms with Crippen LogP contribution in [-0.2, 0) is 13.6 Å². The highest BCUT2D eigenvalue weighted by Gasteiger charge is 2.25. The fourth-order valence-electron chi connectivity index (χ4n) is 3.04. The van der Waals surface area contributed by atoms with Crippen LogP contribution in [0.4, 0.5) is 0 Å². The first-order valence-electron chi connectivity index (χ1n) is 7.13. The molecule has 1 fully saturated rings. The molecule has 0 bridgehead atoms. The summed E-state index contributed by atoms with van der Waals surface area (Å²) in [5.74, 6) is 0.849. The molecule has 5 nitrogen and oxygen atoms in total. The van der Waals surface area contributed by atoms with E-state index in [9.17, 15) is 0 Å². The van der Waals surface area contributed by atoms with E-state index in [2.05, 4.69) is 29.4 Å². The van der Waals surface area contributed by atoms with Crippen LogP contribution in [0.2, 0.25) is 0 Å². The molecule has 2 rings (SSSR count). The van der Waals surface area contributed by atoms with Gasteiger partial charge in [-0.2, -0.15) is 5.10 Å². The molecule has 1 N–H and O–H groups in total. The highest BCUT2D eigenvalue weighted by atomic mass is 16.5. The van der Waals surface area contributed by atoms with Crippen LogP contribution in [0, 0.1) is 6.92 Å². The molecule has 0 aliphatic carbocycles. The molecule has 1 aromatic heterocycles. The second kappa shape index (κ2) is 5.92. The van der Waals surface area contributed by atoms with Gasteiger partial charge in [-0.1, -0.05) is 6.42 Å². The molecule has 0 saturated carbocycles. The predicted octanol–water partition coefficient (Wildman–Crippen LogP) is 2.00. The number of nitrogens with one attached hydrogen (secondary N) is 1. The SMILES string of the molecule is COc1c(CNN2C(C)CCCC2C)c(C)nn1C. The van der Waals surface area contributed by atoms with Crippen LogP contribution in [0.15, 0.2) is 0 Å². The van der Waals surface area contributed by atoms with Gasteiger partial charge in [0, 0.05) is 25.7 Å². The average molecular weight is 266 g/mol. The molecule has 0 amide bonds. The topological polar surface area (TPSA) is 42.3 Å². The zero-order chi connectivity index (χ0) is 14.0. The average Bonchev–Trinajstić information content (AvgIpc) is 2.63. The number of nitrogens with zero attached hydrogens (tertiary/aromatic N) is 3. The molecule has 1 aromatic rings. The molecule has 19 heavy (non-hydrogen) atoms. The minimum absolute atomic E-state index is 0.590. The van der Waals surface area contributed by atoms with E-state index in [-0.39, 0.29) is 0 Å². The summed E-state index contributed by atoms with van der Waals surface area (Å²) in [6.07, 6.45) is 3.86. The molecule has 1 saturated heterocycles. The van der Waals surface area contributed by atoms with Crippen molar-refractivity contribution in [2.75, 3.05) is 7.11 Å². The lowest BCUT2D eigenvalue weighted by atomic mass is 10.00. The van der Waals surface area contributed by atoms with Crippen LogP contribution in [-0.4, -0.2) is 34.0 Å². The Bertz CT molecular complexity index is 419. The summed E-state index contributed by atoms with van der Waals surface area (Å²) in [5, 5.41) is 6.80. The van der Waals surface area contributed by atoms with Gasteiger partial charge in [0.25, 0.3) is 0 Å². The summed E-state index contributed by atoms with van der Waals surface area (Å²) in [6.45, 7) is 7.38. The number of hydrogen-bond donors (Lipinski definition) is 1. The Labute approximate surface area is 115 Å². The third-order valence-corrected chi connectivity index (χ3v) is 4.11. The predicted molar refractivity (Wildman–Crippen MR) is 76.0 cm³/mol. The van der Waals surface area contributed by atoms with Gasteiger partial charge >= 0.3 is 0 Å². The van der Waals surface area contributed by atoms with Gasteiger partial charge in [0.15, 0.2) is 0 Å². The first-order chi connectivity index (χ1) is 9.04. The fourth-order valence-corrected chi connectivity index (χ4v) is 3.04. The van der Waals surface area contributed by atoms with Crippen LogP contribution in [0.5, 0.6) is 5.88 Å².